The number of benzene rings is 1. The summed E-state index contributed by atoms with van der Waals surface area (Å²) in [4.78, 5) is 15.2. The number of piperidine rings is 1. The van der Waals surface area contributed by atoms with Crippen LogP contribution in [-0.4, -0.2) is 35.5 Å². The third kappa shape index (κ3) is 3.35. The smallest absolute Gasteiger partial charge is 0.224 e. The summed E-state index contributed by atoms with van der Waals surface area (Å²) in [7, 11) is 0. The van der Waals surface area contributed by atoms with Gasteiger partial charge in [0.15, 0.2) is 0 Å². The van der Waals surface area contributed by atoms with Crippen molar-refractivity contribution in [2.24, 2.45) is 5.92 Å². The maximum absolute atomic E-state index is 12.7. The van der Waals surface area contributed by atoms with Gasteiger partial charge in [-0.25, -0.2) is 0 Å². The van der Waals surface area contributed by atoms with Crippen molar-refractivity contribution in [3.63, 3.8) is 0 Å². The summed E-state index contributed by atoms with van der Waals surface area (Å²) in [5, 5.41) is 3.24. The van der Waals surface area contributed by atoms with E-state index in [-0.39, 0.29) is 17.9 Å². The zero-order valence-corrected chi connectivity index (χ0v) is 13.8. The molecular weight excluding hydrogens is 272 g/mol. The molecule has 3 heteroatoms. The first-order valence-corrected chi connectivity index (χ1v) is 8.75. The Morgan fingerprint density at radius 2 is 2.09 bits per heavy atom. The van der Waals surface area contributed by atoms with E-state index in [1.165, 1.54) is 31.4 Å². The first kappa shape index (κ1) is 15.5. The highest BCUT2D eigenvalue weighted by atomic mass is 16.2. The van der Waals surface area contributed by atoms with Crippen LogP contribution in [0.15, 0.2) is 30.3 Å². The van der Waals surface area contributed by atoms with Crippen molar-refractivity contribution >= 4 is 5.91 Å². The lowest BCUT2D eigenvalue weighted by atomic mass is 9.96. The van der Waals surface area contributed by atoms with E-state index in [2.05, 4.69) is 48.3 Å². The van der Waals surface area contributed by atoms with Crippen LogP contribution in [0.2, 0.25) is 0 Å². The van der Waals surface area contributed by atoms with Gasteiger partial charge in [-0.1, -0.05) is 36.8 Å². The van der Waals surface area contributed by atoms with Gasteiger partial charge in [-0.05, 0) is 51.6 Å². The van der Waals surface area contributed by atoms with E-state index in [4.69, 9.17) is 0 Å². The second kappa shape index (κ2) is 6.82. The Morgan fingerprint density at radius 1 is 1.32 bits per heavy atom. The van der Waals surface area contributed by atoms with E-state index < -0.39 is 0 Å². The van der Waals surface area contributed by atoms with Crippen LogP contribution >= 0.6 is 0 Å². The molecule has 2 heterocycles. The number of rotatable bonds is 4. The molecule has 22 heavy (non-hydrogen) atoms. The van der Waals surface area contributed by atoms with Gasteiger partial charge in [0.25, 0.3) is 0 Å². The summed E-state index contributed by atoms with van der Waals surface area (Å²) in [6, 6.07) is 11.6. The molecule has 3 rings (SSSR count). The van der Waals surface area contributed by atoms with Crippen molar-refractivity contribution in [3.05, 3.63) is 35.9 Å². The van der Waals surface area contributed by atoms with Gasteiger partial charge >= 0.3 is 0 Å². The first-order valence-electron chi connectivity index (χ1n) is 8.75. The molecule has 3 nitrogen and oxygen atoms in total. The van der Waals surface area contributed by atoms with Gasteiger partial charge in [-0.15, -0.1) is 0 Å². The van der Waals surface area contributed by atoms with Gasteiger partial charge in [0.1, 0.15) is 0 Å². The molecule has 0 aliphatic carbocycles. The molecule has 120 valence electrons. The normalized spacial score (nSPS) is 29.8. The highest BCUT2D eigenvalue weighted by molar-refractivity contribution is 5.80. The summed E-state index contributed by atoms with van der Waals surface area (Å²) in [6.45, 7) is 5.52. The fourth-order valence-corrected chi connectivity index (χ4v) is 4.23. The van der Waals surface area contributed by atoms with Gasteiger partial charge in [0, 0.05) is 18.1 Å². The topological polar surface area (TPSA) is 32.3 Å². The zero-order chi connectivity index (χ0) is 15.5. The summed E-state index contributed by atoms with van der Waals surface area (Å²) < 4.78 is 0. The van der Waals surface area contributed by atoms with E-state index in [1.54, 1.807) is 0 Å². The van der Waals surface area contributed by atoms with E-state index in [1.807, 2.05) is 6.07 Å². The van der Waals surface area contributed by atoms with Crippen LogP contribution in [0.25, 0.3) is 0 Å². The van der Waals surface area contributed by atoms with Crippen LogP contribution in [0.1, 0.15) is 45.1 Å². The van der Waals surface area contributed by atoms with Crippen molar-refractivity contribution in [3.8, 4) is 0 Å². The van der Waals surface area contributed by atoms with Crippen LogP contribution in [0.4, 0.5) is 0 Å². The van der Waals surface area contributed by atoms with Crippen LogP contribution in [-0.2, 0) is 11.2 Å². The average Bonchev–Trinajstić information content (AvgIpc) is 2.86. The van der Waals surface area contributed by atoms with Gasteiger partial charge in [0.05, 0.1) is 5.92 Å². The van der Waals surface area contributed by atoms with Gasteiger partial charge in [-0.2, -0.15) is 0 Å². The minimum atomic E-state index is 0.168. The lowest BCUT2D eigenvalue weighted by Crippen LogP contribution is -2.44. The maximum Gasteiger partial charge on any atom is 0.224 e. The second-order valence-electron chi connectivity index (χ2n) is 7.07. The SMILES string of the molecule is C[C@@H](Cc1ccccc1)NC(=O)[C@H]1C[C@H]2CCCCN2[C@H]1C. The number of fused-ring (bicyclic) bond motifs is 1. The molecule has 2 fully saturated rings. The molecule has 0 spiro atoms. The molecular formula is C19H28N2O. The first-order chi connectivity index (χ1) is 10.6. The van der Waals surface area contributed by atoms with Gasteiger partial charge in [-0.3, -0.25) is 9.69 Å². The van der Waals surface area contributed by atoms with Crippen LogP contribution in [0.3, 0.4) is 0 Å². The van der Waals surface area contributed by atoms with Crippen molar-refractivity contribution < 1.29 is 4.79 Å². The number of nitrogens with zero attached hydrogens (tertiary/aromatic N) is 1. The average molecular weight is 300 g/mol. The molecule has 0 unspecified atom stereocenters. The molecule has 1 aromatic rings. The molecule has 1 N–H and O–H groups in total. The lowest BCUT2D eigenvalue weighted by Gasteiger charge is -2.32. The highest BCUT2D eigenvalue weighted by Gasteiger charge is 2.42. The predicted octanol–water partition coefficient (Wildman–Crippen LogP) is 3.00. The van der Waals surface area contributed by atoms with Crippen LogP contribution in [0.5, 0.6) is 0 Å². The van der Waals surface area contributed by atoms with Gasteiger partial charge in [0.2, 0.25) is 5.91 Å². The van der Waals surface area contributed by atoms with Crippen molar-refractivity contribution in [2.45, 2.75) is 64.1 Å². The quantitative estimate of drug-likeness (QED) is 0.927. The number of hydrogen-bond donors (Lipinski definition) is 1. The minimum absolute atomic E-state index is 0.168. The monoisotopic (exact) mass is 300 g/mol. The molecule has 2 aliphatic rings. The Balaban J connectivity index is 1.55. The third-order valence-corrected chi connectivity index (χ3v) is 5.41. The number of carbonyl (C=O) groups excluding carboxylic acids is 1. The molecule has 1 aromatic carbocycles. The molecule has 4 atom stereocenters. The Morgan fingerprint density at radius 3 is 2.82 bits per heavy atom. The number of carbonyl (C=O) groups is 1. The van der Waals surface area contributed by atoms with Crippen molar-refractivity contribution in [1.29, 1.82) is 0 Å². The number of amides is 1. The third-order valence-electron chi connectivity index (χ3n) is 5.41. The van der Waals surface area contributed by atoms with Gasteiger partial charge < -0.3 is 5.32 Å². The Bertz CT molecular complexity index is 501. The number of hydrogen-bond acceptors (Lipinski definition) is 2. The summed E-state index contributed by atoms with van der Waals surface area (Å²) in [5.41, 5.74) is 1.28. The fourth-order valence-electron chi connectivity index (χ4n) is 4.23. The Labute approximate surface area is 134 Å². The van der Waals surface area contributed by atoms with E-state index in [0.717, 1.165) is 12.8 Å². The minimum Gasteiger partial charge on any atom is -0.353 e. The standard InChI is InChI=1S/C19H28N2O/c1-14(12-16-8-4-3-5-9-16)20-19(22)18-13-17-10-6-7-11-21(17)15(18)2/h3-5,8-9,14-15,17-18H,6-7,10-13H2,1-2H3,(H,20,22)/t14-,15-,17+,18-/m0/s1. The second-order valence-corrected chi connectivity index (χ2v) is 7.07. The molecule has 0 radical (unpaired) electrons. The molecule has 2 aliphatic heterocycles. The van der Waals surface area contributed by atoms with Crippen LogP contribution < -0.4 is 5.32 Å². The molecule has 1 amide bonds. The largest absolute Gasteiger partial charge is 0.353 e. The fraction of sp³-hybridized carbons (Fsp3) is 0.632. The predicted molar refractivity (Wildman–Crippen MR) is 89.7 cm³/mol. The number of nitrogens with one attached hydrogen (secondary N) is 1. The summed E-state index contributed by atoms with van der Waals surface area (Å²) in [5.74, 6) is 0.423. The van der Waals surface area contributed by atoms with E-state index in [0.29, 0.717) is 12.1 Å². The lowest BCUT2D eigenvalue weighted by molar-refractivity contribution is -0.126. The Hall–Kier alpha value is -1.35. The summed E-state index contributed by atoms with van der Waals surface area (Å²) in [6.07, 6.45) is 5.84. The Kier molecular flexibility index (Phi) is 4.82. The molecule has 0 bridgehead atoms. The molecule has 0 aromatic heterocycles. The molecule has 0 saturated carbocycles. The summed E-state index contributed by atoms with van der Waals surface area (Å²) >= 11 is 0. The molecule has 2 saturated heterocycles. The van der Waals surface area contributed by atoms with E-state index >= 15 is 0 Å². The van der Waals surface area contributed by atoms with Crippen LogP contribution in [0, 0.1) is 5.92 Å². The van der Waals surface area contributed by atoms with E-state index in [9.17, 15) is 4.79 Å². The highest BCUT2D eigenvalue weighted by Crippen LogP contribution is 2.35. The maximum atomic E-state index is 12.7. The van der Waals surface area contributed by atoms with Crippen molar-refractivity contribution in [2.75, 3.05) is 6.54 Å². The zero-order valence-electron chi connectivity index (χ0n) is 13.8. The van der Waals surface area contributed by atoms with Crippen molar-refractivity contribution in [1.82, 2.24) is 10.2 Å².